The molecule has 5 heteroatoms. The molecule has 1 atom stereocenters. The van der Waals surface area contributed by atoms with Crippen molar-refractivity contribution in [3.63, 3.8) is 0 Å². The normalized spacial score (nSPS) is 15.8. The molecule has 0 fully saturated rings. The summed E-state index contributed by atoms with van der Waals surface area (Å²) >= 11 is 16.8. The molecule has 1 unspecified atom stereocenters. The van der Waals surface area contributed by atoms with Crippen molar-refractivity contribution >= 4 is 46.3 Å². The summed E-state index contributed by atoms with van der Waals surface area (Å²) < 4.78 is 5.17. The Balaban J connectivity index is 1.92. The third-order valence-electron chi connectivity index (χ3n) is 3.38. The summed E-state index contributed by atoms with van der Waals surface area (Å²) in [5.74, 6) is 3.07. The fraction of sp³-hybridized carbons (Fsp3) is 0.333. The second-order valence-electron chi connectivity index (χ2n) is 4.65. The summed E-state index contributed by atoms with van der Waals surface area (Å²) in [6.45, 7) is 0. The third-order valence-corrected chi connectivity index (χ3v) is 6.61. The highest BCUT2D eigenvalue weighted by Gasteiger charge is 2.21. The van der Waals surface area contributed by atoms with Crippen molar-refractivity contribution in [2.75, 3.05) is 12.9 Å². The van der Waals surface area contributed by atoms with Crippen molar-refractivity contribution < 1.29 is 4.74 Å². The van der Waals surface area contributed by atoms with Crippen LogP contribution >= 0.6 is 46.3 Å². The van der Waals surface area contributed by atoms with E-state index in [1.54, 1.807) is 7.11 Å². The standard InChI is InChI=1S/C15H14Cl2OS2/c1-18-10-2-3-11(12(16)7-10)15(17)14-6-9-8-19-5-4-13(9)20-14/h2-3,6-7,15H,4-5,8H2,1H3. The van der Waals surface area contributed by atoms with Gasteiger partial charge in [-0.2, -0.15) is 11.8 Å². The molecule has 0 aliphatic carbocycles. The molecule has 0 amide bonds. The van der Waals surface area contributed by atoms with Crippen LogP contribution in [0.2, 0.25) is 5.02 Å². The molecule has 1 aromatic heterocycles. The van der Waals surface area contributed by atoms with Gasteiger partial charge in [0.05, 0.1) is 12.5 Å². The summed E-state index contributed by atoms with van der Waals surface area (Å²) in [5.41, 5.74) is 2.39. The number of methoxy groups -OCH3 is 1. The minimum absolute atomic E-state index is 0.186. The van der Waals surface area contributed by atoms with Gasteiger partial charge in [-0.25, -0.2) is 0 Å². The highest BCUT2D eigenvalue weighted by atomic mass is 35.5. The smallest absolute Gasteiger partial charge is 0.120 e. The highest BCUT2D eigenvalue weighted by molar-refractivity contribution is 7.98. The summed E-state index contributed by atoms with van der Waals surface area (Å²) in [6.07, 6.45) is 1.16. The average Bonchev–Trinajstić information content (AvgIpc) is 2.90. The lowest BCUT2D eigenvalue weighted by Crippen LogP contribution is -1.96. The lowest BCUT2D eigenvalue weighted by Gasteiger charge is -2.11. The zero-order valence-electron chi connectivity index (χ0n) is 11.0. The number of ether oxygens (including phenoxy) is 1. The Kier molecular flexibility index (Phi) is 4.51. The van der Waals surface area contributed by atoms with Crippen LogP contribution in [-0.2, 0) is 12.2 Å². The fourth-order valence-corrected chi connectivity index (χ4v) is 5.38. The van der Waals surface area contributed by atoms with E-state index in [1.165, 1.54) is 21.1 Å². The number of alkyl halides is 1. The second-order valence-corrected chi connectivity index (χ2v) is 7.77. The number of hydrogen-bond acceptors (Lipinski definition) is 3. The van der Waals surface area contributed by atoms with E-state index in [9.17, 15) is 0 Å². The first-order valence-electron chi connectivity index (χ1n) is 6.36. The van der Waals surface area contributed by atoms with Crippen LogP contribution in [0.15, 0.2) is 24.3 Å². The first-order valence-corrected chi connectivity index (χ1v) is 9.14. The van der Waals surface area contributed by atoms with Gasteiger partial charge in [0.1, 0.15) is 5.75 Å². The predicted molar refractivity (Wildman–Crippen MR) is 89.9 cm³/mol. The maximum absolute atomic E-state index is 6.63. The van der Waals surface area contributed by atoms with Gasteiger partial charge in [0.2, 0.25) is 0 Å². The molecular formula is C15H14Cl2OS2. The van der Waals surface area contributed by atoms with Gasteiger partial charge in [-0.3, -0.25) is 0 Å². The molecule has 2 heterocycles. The largest absolute Gasteiger partial charge is 0.497 e. The van der Waals surface area contributed by atoms with Crippen molar-refractivity contribution in [3.8, 4) is 5.75 Å². The van der Waals surface area contributed by atoms with Gasteiger partial charge in [0.15, 0.2) is 0 Å². The number of rotatable bonds is 3. The molecule has 1 aliphatic rings. The summed E-state index contributed by atoms with van der Waals surface area (Å²) in [7, 11) is 1.63. The molecule has 0 radical (unpaired) electrons. The molecule has 0 saturated carbocycles. The van der Waals surface area contributed by atoms with Gasteiger partial charge in [-0.15, -0.1) is 22.9 Å². The Morgan fingerprint density at radius 2 is 2.15 bits per heavy atom. The Labute approximate surface area is 137 Å². The molecule has 1 aromatic carbocycles. The lowest BCUT2D eigenvalue weighted by molar-refractivity contribution is 0.414. The molecule has 0 N–H and O–H groups in total. The third kappa shape index (κ3) is 2.82. The Hall–Kier alpha value is -0.350. The fourth-order valence-electron chi connectivity index (χ4n) is 2.29. The number of aryl methyl sites for hydroxylation is 1. The number of thioether (sulfide) groups is 1. The number of thiophene rings is 1. The van der Waals surface area contributed by atoms with E-state index in [0.29, 0.717) is 5.02 Å². The summed E-state index contributed by atoms with van der Waals surface area (Å²) in [4.78, 5) is 2.67. The molecule has 0 spiro atoms. The van der Waals surface area contributed by atoms with Gasteiger partial charge in [-0.1, -0.05) is 17.7 Å². The maximum atomic E-state index is 6.63. The van der Waals surface area contributed by atoms with E-state index in [0.717, 1.165) is 23.5 Å². The van der Waals surface area contributed by atoms with Gasteiger partial charge in [-0.05, 0) is 41.5 Å². The maximum Gasteiger partial charge on any atom is 0.120 e. The zero-order valence-corrected chi connectivity index (χ0v) is 14.1. The molecule has 1 aliphatic heterocycles. The molecule has 3 rings (SSSR count). The lowest BCUT2D eigenvalue weighted by atomic mass is 10.1. The SMILES string of the molecule is COc1ccc(C(Cl)c2cc3c(s2)CCSC3)c(Cl)c1. The van der Waals surface area contributed by atoms with Crippen LogP contribution in [0.5, 0.6) is 5.75 Å². The van der Waals surface area contributed by atoms with Crippen molar-refractivity contribution in [3.05, 3.63) is 50.2 Å². The molecule has 1 nitrogen and oxygen atoms in total. The minimum Gasteiger partial charge on any atom is -0.497 e. The van der Waals surface area contributed by atoms with E-state index in [1.807, 2.05) is 41.3 Å². The van der Waals surface area contributed by atoms with Crippen LogP contribution in [0.1, 0.15) is 26.3 Å². The monoisotopic (exact) mass is 344 g/mol. The van der Waals surface area contributed by atoms with E-state index < -0.39 is 0 Å². The van der Waals surface area contributed by atoms with Gasteiger partial charge in [0.25, 0.3) is 0 Å². The van der Waals surface area contributed by atoms with Crippen LogP contribution in [0.25, 0.3) is 0 Å². The van der Waals surface area contributed by atoms with Crippen LogP contribution in [-0.4, -0.2) is 12.9 Å². The quantitative estimate of drug-likeness (QED) is 0.677. The van der Waals surface area contributed by atoms with Crippen LogP contribution in [0, 0.1) is 0 Å². The summed E-state index contributed by atoms with van der Waals surface area (Å²) in [6, 6.07) is 7.91. The minimum atomic E-state index is -0.186. The predicted octanol–water partition coefficient (Wildman–Crippen LogP) is 5.53. The molecule has 0 saturated heterocycles. The number of fused-ring (bicyclic) bond motifs is 1. The Morgan fingerprint density at radius 3 is 2.85 bits per heavy atom. The van der Waals surface area contributed by atoms with Crippen molar-refractivity contribution in [1.29, 1.82) is 0 Å². The highest BCUT2D eigenvalue weighted by Crippen LogP contribution is 2.41. The molecular weight excluding hydrogens is 331 g/mol. The van der Waals surface area contributed by atoms with Crippen LogP contribution in [0.3, 0.4) is 0 Å². The molecule has 2 aromatic rings. The number of halogens is 2. The molecule has 106 valence electrons. The molecule has 0 bridgehead atoms. The Morgan fingerprint density at radius 1 is 1.30 bits per heavy atom. The van der Waals surface area contributed by atoms with E-state index >= 15 is 0 Å². The summed E-state index contributed by atoms with van der Waals surface area (Å²) in [5, 5.41) is 0.471. The van der Waals surface area contributed by atoms with Gasteiger partial charge < -0.3 is 4.74 Å². The molecule has 20 heavy (non-hydrogen) atoms. The van der Waals surface area contributed by atoms with Crippen molar-refractivity contribution in [1.82, 2.24) is 0 Å². The van der Waals surface area contributed by atoms with Crippen molar-refractivity contribution in [2.45, 2.75) is 17.6 Å². The van der Waals surface area contributed by atoms with Gasteiger partial charge >= 0.3 is 0 Å². The zero-order chi connectivity index (χ0) is 14.1. The number of benzene rings is 1. The van der Waals surface area contributed by atoms with E-state index in [2.05, 4.69) is 6.07 Å². The topological polar surface area (TPSA) is 9.23 Å². The van der Waals surface area contributed by atoms with Gasteiger partial charge in [0, 0.05) is 20.5 Å². The first-order chi connectivity index (χ1) is 9.69. The van der Waals surface area contributed by atoms with E-state index in [4.69, 9.17) is 27.9 Å². The number of hydrogen-bond donors (Lipinski definition) is 0. The Bertz CT molecular complexity index is 601. The van der Waals surface area contributed by atoms with Crippen molar-refractivity contribution in [2.24, 2.45) is 0 Å². The van der Waals surface area contributed by atoms with Crippen LogP contribution in [0.4, 0.5) is 0 Å². The van der Waals surface area contributed by atoms with E-state index in [-0.39, 0.29) is 5.38 Å². The van der Waals surface area contributed by atoms with Crippen LogP contribution < -0.4 is 4.74 Å². The second kappa shape index (κ2) is 6.18. The average molecular weight is 345 g/mol. The first kappa shape index (κ1) is 14.6.